The van der Waals surface area contributed by atoms with Crippen LogP contribution in [0, 0.1) is 0 Å². The molecule has 4 nitrogen and oxygen atoms in total. The van der Waals surface area contributed by atoms with Crippen LogP contribution in [0.5, 0.6) is 0 Å². The molecule has 0 N–H and O–H groups in total. The first-order valence-corrected chi connectivity index (χ1v) is 4.88. The second-order valence-electron chi connectivity index (χ2n) is 2.63. The first-order chi connectivity index (χ1) is 7.15. The molecule has 0 atom stereocenters. The Hall–Kier alpha value is -0.840. The van der Waals surface area contributed by atoms with Gasteiger partial charge in [0, 0.05) is 13.3 Å². The summed E-state index contributed by atoms with van der Waals surface area (Å²) in [6.07, 6.45) is 1.31. The van der Waals surface area contributed by atoms with Gasteiger partial charge in [-0.15, -0.1) is 0 Å². The minimum atomic E-state index is -0.502. The molecular weight excluding hydrogens is 241 g/mol. The Morgan fingerprint density at radius 3 is 2.80 bits per heavy atom. The molecule has 6 heteroatoms. The molecule has 0 saturated carbocycles. The van der Waals surface area contributed by atoms with E-state index in [0.717, 1.165) is 0 Å². The fourth-order valence-electron chi connectivity index (χ4n) is 0.834. The number of carbonyl (C=O) groups is 1. The van der Waals surface area contributed by atoms with Gasteiger partial charge in [0.05, 0.1) is 17.2 Å². The molecule has 0 aliphatic rings. The molecule has 0 aliphatic heterocycles. The number of pyridine rings is 1. The van der Waals surface area contributed by atoms with Crippen molar-refractivity contribution in [1.82, 2.24) is 4.98 Å². The molecule has 0 aromatic carbocycles. The lowest BCUT2D eigenvalue weighted by molar-refractivity contribution is 0.0387. The summed E-state index contributed by atoms with van der Waals surface area (Å²) in [7, 11) is 1.52. The second kappa shape index (κ2) is 5.90. The van der Waals surface area contributed by atoms with Gasteiger partial charge in [-0.2, -0.15) is 0 Å². The molecule has 1 aromatic heterocycles. The van der Waals surface area contributed by atoms with E-state index in [4.69, 9.17) is 32.7 Å². The SMILES string of the molecule is COCCOC(=O)c1cnc(Cl)c(Cl)c1. The lowest BCUT2D eigenvalue weighted by atomic mass is 10.3. The number of rotatable bonds is 4. The first kappa shape index (κ1) is 12.2. The maximum absolute atomic E-state index is 11.4. The van der Waals surface area contributed by atoms with Gasteiger partial charge >= 0.3 is 5.97 Å². The first-order valence-electron chi connectivity index (χ1n) is 4.12. The molecule has 1 rings (SSSR count). The van der Waals surface area contributed by atoms with Gasteiger partial charge in [0.25, 0.3) is 0 Å². The molecule has 0 spiro atoms. The van der Waals surface area contributed by atoms with E-state index < -0.39 is 5.97 Å². The Bertz CT molecular complexity index is 357. The molecule has 0 aliphatic carbocycles. The molecule has 0 bridgehead atoms. The van der Waals surface area contributed by atoms with Crippen molar-refractivity contribution < 1.29 is 14.3 Å². The Kier molecular flexibility index (Phi) is 4.81. The van der Waals surface area contributed by atoms with Crippen LogP contribution < -0.4 is 0 Å². The minimum absolute atomic E-state index is 0.158. The monoisotopic (exact) mass is 249 g/mol. The maximum atomic E-state index is 11.4. The number of methoxy groups -OCH3 is 1. The van der Waals surface area contributed by atoms with Gasteiger partial charge in [0.2, 0.25) is 0 Å². The van der Waals surface area contributed by atoms with Gasteiger partial charge in [-0.25, -0.2) is 9.78 Å². The highest BCUT2D eigenvalue weighted by Crippen LogP contribution is 2.19. The summed E-state index contributed by atoms with van der Waals surface area (Å²) in [6.45, 7) is 0.538. The van der Waals surface area contributed by atoms with Gasteiger partial charge in [0.15, 0.2) is 0 Å². The van der Waals surface area contributed by atoms with E-state index in [-0.39, 0.29) is 22.3 Å². The van der Waals surface area contributed by atoms with E-state index >= 15 is 0 Å². The molecule has 0 saturated heterocycles. The normalized spacial score (nSPS) is 10.1. The van der Waals surface area contributed by atoms with Crippen molar-refractivity contribution in [3.63, 3.8) is 0 Å². The highest BCUT2D eigenvalue weighted by Gasteiger charge is 2.09. The van der Waals surface area contributed by atoms with Crippen LogP contribution in [0.1, 0.15) is 10.4 Å². The van der Waals surface area contributed by atoms with Crippen LogP contribution in [0.2, 0.25) is 10.2 Å². The molecule has 0 unspecified atom stereocenters. The predicted octanol–water partition coefficient (Wildman–Crippen LogP) is 2.19. The summed E-state index contributed by atoms with van der Waals surface area (Å²) < 4.78 is 9.59. The topological polar surface area (TPSA) is 48.4 Å². The zero-order chi connectivity index (χ0) is 11.3. The highest BCUT2D eigenvalue weighted by atomic mass is 35.5. The Balaban J connectivity index is 2.62. The Labute approximate surface area is 97.1 Å². The van der Waals surface area contributed by atoms with Crippen molar-refractivity contribution in [3.05, 3.63) is 28.0 Å². The van der Waals surface area contributed by atoms with Crippen LogP contribution in [0.4, 0.5) is 0 Å². The van der Waals surface area contributed by atoms with E-state index in [2.05, 4.69) is 4.98 Å². The van der Waals surface area contributed by atoms with Crippen LogP contribution in [0.3, 0.4) is 0 Å². The molecule has 15 heavy (non-hydrogen) atoms. The average Bonchev–Trinajstić information content (AvgIpc) is 2.22. The Morgan fingerprint density at radius 2 is 2.20 bits per heavy atom. The molecule has 0 fully saturated rings. The third-order valence-electron chi connectivity index (χ3n) is 1.55. The van der Waals surface area contributed by atoms with Crippen LogP contribution in [0.25, 0.3) is 0 Å². The number of hydrogen-bond donors (Lipinski definition) is 0. The summed E-state index contributed by atoms with van der Waals surface area (Å²) in [6, 6.07) is 1.41. The smallest absolute Gasteiger partial charge is 0.339 e. The zero-order valence-corrected chi connectivity index (χ0v) is 9.51. The fraction of sp³-hybridized carbons (Fsp3) is 0.333. The molecular formula is C9H9Cl2NO3. The number of carbonyl (C=O) groups excluding carboxylic acids is 1. The predicted molar refractivity (Wildman–Crippen MR) is 56.4 cm³/mol. The lowest BCUT2D eigenvalue weighted by Crippen LogP contribution is -2.10. The number of aromatic nitrogens is 1. The summed E-state index contributed by atoms with van der Waals surface area (Å²) in [5.74, 6) is -0.502. The fourth-order valence-corrected chi connectivity index (χ4v) is 1.10. The van der Waals surface area contributed by atoms with Crippen LogP contribution in [-0.2, 0) is 9.47 Å². The summed E-state index contributed by atoms with van der Waals surface area (Å²) in [4.78, 5) is 15.1. The molecule has 0 radical (unpaired) electrons. The molecule has 0 amide bonds. The lowest BCUT2D eigenvalue weighted by Gasteiger charge is -2.04. The van der Waals surface area contributed by atoms with Gasteiger partial charge in [-0.1, -0.05) is 23.2 Å². The van der Waals surface area contributed by atoms with Gasteiger partial charge in [0.1, 0.15) is 11.8 Å². The third kappa shape index (κ3) is 3.66. The largest absolute Gasteiger partial charge is 0.460 e. The van der Waals surface area contributed by atoms with E-state index in [1.807, 2.05) is 0 Å². The number of hydrogen-bond acceptors (Lipinski definition) is 4. The summed E-state index contributed by atoms with van der Waals surface area (Å²) >= 11 is 11.3. The van der Waals surface area contributed by atoms with E-state index in [1.54, 1.807) is 0 Å². The van der Waals surface area contributed by atoms with E-state index in [1.165, 1.54) is 19.4 Å². The van der Waals surface area contributed by atoms with E-state index in [9.17, 15) is 4.79 Å². The van der Waals surface area contributed by atoms with Crippen molar-refractivity contribution in [2.45, 2.75) is 0 Å². The minimum Gasteiger partial charge on any atom is -0.460 e. The zero-order valence-electron chi connectivity index (χ0n) is 8.00. The van der Waals surface area contributed by atoms with Crippen molar-refractivity contribution in [1.29, 1.82) is 0 Å². The second-order valence-corrected chi connectivity index (χ2v) is 3.39. The van der Waals surface area contributed by atoms with Crippen molar-refractivity contribution in [2.75, 3.05) is 20.3 Å². The summed E-state index contributed by atoms with van der Waals surface area (Å²) in [5.41, 5.74) is 0.264. The number of ether oxygens (including phenoxy) is 2. The number of esters is 1. The van der Waals surface area contributed by atoms with Gasteiger partial charge in [-0.3, -0.25) is 0 Å². The van der Waals surface area contributed by atoms with Crippen LogP contribution in [0.15, 0.2) is 12.3 Å². The quantitative estimate of drug-likeness (QED) is 0.467. The summed E-state index contributed by atoms with van der Waals surface area (Å²) in [5, 5.41) is 0.378. The maximum Gasteiger partial charge on any atom is 0.339 e. The third-order valence-corrected chi connectivity index (χ3v) is 2.24. The number of nitrogens with zero attached hydrogens (tertiary/aromatic N) is 1. The average molecular weight is 250 g/mol. The molecule has 1 heterocycles. The number of halogens is 2. The van der Waals surface area contributed by atoms with Crippen molar-refractivity contribution >= 4 is 29.2 Å². The van der Waals surface area contributed by atoms with E-state index in [0.29, 0.717) is 6.61 Å². The Morgan fingerprint density at radius 1 is 1.47 bits per heavy atom. The molecule has 82 valence electrons. The van der Waals surface area contributed by atoms with Crippen LogP contribution >= 0.6 is 23.2 Å². The van der Waals surface area contributed by atoms with Gasteiger partial charge < -0.3 is 9.47 Å². The van der Waals surface area contributed by atoms with Crippen molar-refractivity contribution in [3.8, 4) is 0 Å². The van der Waals surface area contributed by atoms with Gasteiger partial charge in [-0.05, 0) is 6.07 Å². The van der Waals surface area contributed by atoms with Crippen molar-refractivity contribution in [2.24, 2.45) is 0 Å². The van der Waals surface area contributed by atoms with Crippen LogP contribution in [-0.4, -0.2) is 31.3 Å². The highest BCUT2D eigenvalue weighted by molar-refractivity contribution is 6.41. The standard InChI is InChI=1S/C9H9Cl2NO3/c1-14-2-3-15-9(13)6-4-7(10)8(11)12-5-6/h4-5H,2-3H2,1H3. The molecule has 1 aromatic rings.